The summed E-state index contributed by atoms with van der Waals surface area (Å²) in [6.07, 6.45) is 4.82. The van der Waals surface area contributed by atoms with Crippen molar-refractivity contribution in [1.82, 2.24) is 4.90 Å². The molecule has 0 aromatic heterocycles. The first-order valence-corrected chi connectivity index (χ1v) is 11.5. The predicted molar refractivity (Wildman–Crippen MR) is 122 cm³/mol. The van der Waals surface area contributed by atoms with E-state index in [0.29, 0.717) is 28.7 Å². The molecule has 2 aliphatic heterocycles. The van der Waals surface area contributed by atoms with E-state index < -0.39 is 24.1 Å². The van der Waals surface area contributed by atoms with Gasteiger partial charge in [0, 0.05) is 29.9 Å². The summed E-state index contributed by atoms with van der Waals surface area (Å²) in [6, 6.07) is 12.7. The van der Waals surface area contributed by atoms with Crippen LogP contribution in [-0.2, 0) is 21.4 Å². The molecule has 0 saturated carbocycles. The SMILES string of the molecule is CC(=O)Oc1ccc2c3c1O[C@H]1C(OC(=O)c4cccc(C#N)c4)C=C[C@H]4[C@@H](C2)N(C)CC[C@]314. The second kappa shape index (κ2) is 7.44. The number of likely N-dealkylation sites (N-methyl/N-ethyl adjacent to an activating group) is 1. The lowest BCUT2D eigenvalue weighted by Gasteiger charge is -2.56. The summed E-state index contributed by atoms with van der Waals surface area (Å²) in [6.45, 7) is 2.28. The first kappa shape index (κ1) is 20.9. The van der Waals surface area contributed by atoms with Crippen LogP contribution in [0.1, 0.15) is 40.4 Å². The molecular weight excluding hydrogens is 432 g/mol. The summed E-state index contributed by atoms with van der Waals surface area (Å²) in [5, 5.41) is 9.18. The van der Waals surface area contributed by atoms with Gasteiger partial charge in [0.05, 0.1) is 17.2 Å². The number of nitrogens with zero attached hydrogens (tertiary/aromatic N) is 2. The number of carbonyl (C=O) groups excluding carboxylic acids is 2. The van der Waals surface area contributed by atoms with E-state index in [9.17, 15) is 14.9 Å². The maximum atomic E-state index is 13.0. The highest BCUT2D eigenvalue weighted by Gasteiger charge is 2.65. The molecule has 2 aromatic rings. The van der Waals surface area contributed by atoms with E-state index in [0.717, 1.165) is 24.9 Å². The summed E-state index contributed by atoms with van der Waals surface area (Å²) >= 11 is 0. The van der Waals surface area contributed by atoms with Gasteiger partial charge in [0.2, 0.25) is 0 Å². The third-order valence-electron chi connectivity index (χ3n) is 7.84. The van der Waals surface area contributed by atoms with Crippen molar-refractivity contribution in [2.45, 2.75) is 43.4 Å². The molecule has 4 aliphatic rings. The van der Waals surface area contributed by atoms with Crippen molar-refractivity contribution in [3.8, 4) is 17.6 Å². The van der Waals surface area contributed by atoms with Crippen molar-refractivity contribution in [2.75, 3.05) is 13.6 Å². The van der Waals surface area contributed by atoms with Gasteiger partial charge in [-0.05, 0) is 62.3 Å². The maximum absolute atomic E-state index is 13.0. The lowest BCUT2D eigenvalue weighted by Crippen LogP contribution is -2.65. The van der Waals surface area contributed by atoms with E-state index >= 15 is 0 Å². The minimum atomic E-state index is -0.609. The minimum Gasteiger partial charge on any atom is -0.481 e. The van der Waals surface area contributed by atoms with E-state index in [1.165, 1.54) is 18.6 Å². The molecule has 7 heteroatoms. The van der Waals surface area contributed by atoms with Gasteiger partial charge in [-0.1, -0.05) is 18.2 Å². The van der Waals surface area contributed by atoms with E-state index in [4.69, 9.17) is 14.2 Å². The smallest absolute Gasteiger partial charge is 0.338 e. The van der Waals surface area contributed by atoms with E-state index in [-0.39, 0.29) is 11.3 Å². The van der Waals surface area contributed by atoms with Gasteiger partial charge in [0.25, 0.3) is 0 Å². The van der Waals surface area contributed by atoms with Crippen molar-refractivity contribution in [2.24, 2.45) is 5.92 Å². The lowest BCUT2D eigenvalue weighted by atomic mass is 9.53. The van der Waals surface area contributed by atoms with Crippen molar-refractivity contribution < 1.29 is 23.8 Å². The molecule has 7 nitrogen and oxygen atoms in total. The minimum absolute atomic E-state index is 0.203. The van der Waals surface area contributed by atoms with Gasteiger partial charge in [0.1, 0.15) is 6.10 Å². The number of carbonyl (C=O) groups is 2. The summed E-state index contributed by atoms with van der Waals surface area (Å²) < 4.78 is 18.1. The molecule has 172 valence electrons. The average molecular weight is 456 g/mol. The van der Waals surface area contributed by atoms with Crippen molar-refractivity contribution in [3.63, 3.8) is 0 Å². The number of hydrogen-bond donors (Lipinski definition) is 0. The zero-order valence-electron chi connectivity index (χ0n) is 19.0. The van der Waals surface area contributed by atoms with E-state index in [2.05, 4.69) is 24.1 Å². The molecule has 2 bridgehead atoms. The number of rotatable bonds is 3. The molecule has 0 radical (unpaired) electrons. The molecule has 5 atom stereocenters. The second-order valence-corrected chi connectivity index (χ2v) is 9.57. The Kier molecular flexibility index (Phi) is 4.58. The normalized spacial score (nSPS) is 30.0. The number of esters is 2. The highest BCUT2D eigenvalue weighted by Crippen LogP contribution is 2.62. The first-order chi connectivity index (χ1) is 16.4. The highest BCUT2D eigenvalue weighted by atomic mass is 16.6. The van der Waals surface area contributed by atoms with E-state index in [1.807, 2.05) is 12.1 Å². The highest BCUT2D eigenvalue weighted by molar-refractivity contribution is 5.90. The summed E-state index contributed by atoms with van der Waals surface area (Å²) in [7, 11) is 2.16. The monoisotopic (exact) mass is 456 g/mol. The van der Waals surface area contributed by atoms with Crippen LogP contribution in [0.4, 0.5) is 0 Å². The number of likely N-dealkylation sites (tertiary alicyclic amines) is 1. The van der Waals surface area contributed by atoms with Gasteiger partial charge >= 0.3 is 11.9 Å². The predicted octanol–water partition coefficient (Wildman–Crippen LogP) is 3.15. The van der Waals surface area contributed by atoms with Crippen LogP contribution in [0.5, 0.6) is 11.5 Å². The Morgan fingerprint density at radius 3 is 2.88 bits per heavy atom. The van der Waals surface area contributed by atoms with Crippen molar-refractivity contribution in [3.05, 3.63) is 70.8 Å². The Balaban J connectivity index is 1.43. The maximum Gasteiger partial charge on any atom is 0.338 e. The summed E-state index contributed by atoms with van der Waals surface area (Å²) in [5.41, 5.74) is 2.67. The van der Waals surface area contributed by atoms with Crippen LogP contribution in [0.25, 0.3) is 0 Å². The number of benzene rings is 2. The topological polar surface area (TPSA) is 88.9 Å². The number of hydrogen-bond acceptors (Lipinski definition) is 7. The fraction of sp³-hybridized carbons (Fsp3) is 0.370. The molecule has 2 aromatic carbocycles. The van der Waals surface area contributed by atoms with Crippen LogP contribution in [0.15, 0.2) is 48.6 Å². The van der Waals surface area contributed by atoms with Crippen LogP contribution >= 0.6 is 0 Å². The Morgan fingerprint density at radius 1 is 1.24 bits per heavy atom. The standard InChI is InChI=1S/C27H24N2O5/c1-15(30)32-21-8-6-17-13-20-19-7-9-22(33-26(31)18-5-3-4-16(12-18)14-28)25-27(19,10-11-29(20)2)23(17)24(21)34-25/h3-9,12,19-20,22,25H,10-11,13H2,1-2H3/t19-,20+,22?,25-,27-/m0/s1. The zero-order chi connectivity index (χ0) is 23.6. The van der Waals surface area contributed by atoms with Gasteiger partial charge in [-0.15, -0.1) is 0 Å². The van der Waals surface area contributed by atoms with Crippen LogP contribution < -0.4 is 9.47 Å². The largest absolute Gasteiger partial charge is 0.481 e. The lowest BCUT2D eigenvalue weighted by molar-refractivity contribution is -0.132. The Labute approximate surface area is 197 Å². The quantitative estimate of drug-likeness (QED) is 0.398. The Morgan fingerprint density at radius 2 is 2.09 bits per heavy atom. The fourth-order valence-corrected chi connectivity index (χ4v) is 6.45. The van der Waals surface area contributed by atoms with Gasteiger partial charge in [-0.25, -0.2) is 4.79 Å². The van der Waals surface area contributed by atoms with Gasteiger partial charge in [-0.3, -0.25) is 4.79 Å². The molecular formula is C27H24N2O5. The Hall–Kier alpha value is -3.63. The summed E-state index contributed by atoms with van der Waals surface area (Å²) in [4.78, 5) is 27.2. The second-order valence-electron chi connectivity index (χ2n) is 9.57. The van der Waals surface area contributed by atoms with Crippen LogP contribution in [0.3, 0.4) is 0 Å². The molecule has 1 fully saturated rings. The van der Waals surface area contributed by atoms with Crippen LogP contribution in [0, 0.1) is 17.2 Å². The fourth-order valence-electron chi connectivity index (χ4n) is 6.45. The number of piperidine rings is 1. The molecule has 0 amide bonds. The van der Waals surface area contributed by atoms with Crippen molar-refractivity contribution in [1.29, 1.82) is 5.26 Å². The van der Waals surface area contributed by atoms with Gasteiger partial charge < -0.3 is 19.1 Å². The molecule has 2 heterocycles. The molecule has 34 heavy (non-hydrogen) atoms. The Bertz CT molecular complexity index is 1290. The van der Waals surface area contributed by atoms with Crippen molar-refractivity contribution >= 4 is 11.9 Å². The number of ether oxygens (including phenoxy) is 3. The molecule has 0 N–H and O–H groups in total. The number of nitriles is 1. The van der Waals surface area contributed by atoms with E-state index in [1.54, 1.807) is 24.3 Å². The van der Waals surface area contributed by atoms with Crippen LogP contribution in [-0.4, -0.2) is 48.7 Å². The summed E-state index contributed by atoms with van der Waals surface area (Å²) in [5.74, 6) is 0.315. The molecule has 2 aliphatic carbocycles. The third-order valence-corrected chi connectivity index (χ3v) is 7.84. The van der Waals surface area contributed by atoms with Gasteiger partial charge in [-0.2, -0.15) is 5.26 Å². The van der Waals surface area contributed by atoms with Crippen LogP contribution in [0.2, 0.25) is 0 Å². The molecule has 6 rings (SSSR count). The molecule has 1 spiro atoms. The molecule has 1 saturated heterocycles. The first-order valence-electron chi connectivity index (χ1n) is 11.5. The third kappa shape index (κ3) is 2.85. The average Bonchev–Trinajstić information content (AvgIpc) is 3.18. The van der Waals surface area contributed by atoms with Gasteiger partial charge in [0.15, 0.2) is 17.6 Å². The molecule has 1 unspecified atom stereocenters. The zero-order valence-corrected chi connectivity index (χ0v) is 19.0.